The van der Waals surface area contributed by atoms with Crippen LogP contribution in [-0.2, 0) is 4.79 Å². The Morgan fingerprint density at radius 1 is 1.64 bits per heavy atom. The Morgan fingerprint density at radius 2 is 2.29 bits per heavy atom. The third-order valence-electron chi connectivity index (χ3n) is 2.62. The molecule has 0 unspecified atom stereocenters. The van der Waals surface area contributed by atoms with Crippen molar-refractivity contribution in [3.8, 4) is 0 Å². The maximum Gasteiger partial charge on any atom is 0.376 e. The van der Waals surface area contributed by atoms with Gasteiger partial charge in [0.25, 0.3) is 0 Å². The van der Waals surface area contributed by atoms with E-state index in [1.165, 1.54) is 0 Å². The molecule has 4 nitrogen and oxygen atoms in total. The number of alkyl halides is 1. The van der Waals surface area contributed by atoms with Crippen LogP contribution < -0.4 is 0 Å². The number of halogens is 1. The van der Waals surface area contributed by atoms with Gasteiger partial charge in [-0.15, -0.1) is 11.6 Å². The van der Waals surface area contributed by atoms with Gasteiger partial charge in [0.2, 0.25) is 5.91 Å². The van der Waals surface area contributed by atoms with E-state index in [9.17, 15) is 9.82 Å². The van der Waals surface area contributed by atoms with E-state index in [1.54, 1.807) is 11.7 Å². The topological polar surface area (TPSA) is 43.8 Å². The number of piperazine rings is 1. The van der Waals surface area contributed by atoms with Gasteiger partial charge < -0.3 is 14.7 Å². The van der Waals surface area contributed by atoms with Crippen molar-refractivity contribution >= 4 is 24.6 Å². The van der Waals surface area contributed by atoms with Gasteiger partial charge in [-0.2, -0.15) is 0 Å². The van der Waals surface area contributed by atoms with E-state index < -0.39 is 7.05 Å². The smallest absolute Gasteiger partial charge is 0.376 e. The largest absolute Gasteiger partial charge is 0.437 e. The maximum atomic E-state index is 11.4. The first-order chi connectivity index (χ1) is 6.56. The monoisotopic (exact) mass is 218 g/mol. The van der Waals surface area contributed by atoms with Gasteiger partial charge in [0.1, 0.15) is 5.88 Å². The third kappa shape index (κ3) is 2.62. The zero-order valence-electron chi connectivity index (χ0n) is 8.61. The van der Waals surface area contributed by atoms with Crippen molar-refractivity contribution in [3.63, 3.8) is 0 Å². The first kappa shape index (κ1) is 11.8. The number of hydrogen-bond donors (Lipinski definition) is 1. The number of hydrogen-bond acceptors (Lipinski definition) is 3. The van der Waals surface area contributed by atoms with Crippen molar-refractivity contribution in [2.24, 2.45) is 0 Å². The van der Waals surface area contributed by atoms with Crippen LogP contribution >= 0.6 is 11.6 Å². The van der Waals surface area contributed by atoms with Crippen LogP contribution in [-0.4, -0.2) is 59.2 Å². The summed E-state index contributed by atoms with van der Waals surface area (Å²) in [4.78, 5) is 15.1. The molecule has 0 aromatic rings. The lowest BCUT2D eigenvalue weighted by Gasteiger charge is -2.40. The molecule has 0 aliphatic carbocycles. The molecule has 1 rings (SSSR count). The van der Waals surface area contributed by atoms with Crippen molar-refractivity contribution in [3.05, 3.63) is 0 Å². The molecule has 0 saturated carbocycles. The second-order valence-electron chi connectivity index (χ2n) is 3.70. The quantitative estimate of drug-likeness (QED) is 0.519. The van der Waals surface area contributed by atoms with Gasteiger partial charge in [0.15, 0.2) is 0 Å². The van der Waals surface area contributed by atoms with Crippen LogP contribution in [0.3, 0.4) is 0 Å². The van der Waals surface area contributed by atoms with Crippen LogP contribution in [0.1, 0.15) is 6.92 Å². The SMILES string of the molecule is CB(O)N1CCN(C(=O)CCl)[C@H](C)C1. The predicted molar refractivity (Wildman–Crippen MR) is 57.3 cm³/mol. The zero-order valence-corrected chi connectivity index (χ0v) is 9.37. The van der Waals surface area contributed by atoms with Crippen LogP contribution in [0.25, 0.3) is 0 Å². The van der Waals surface area contributed by atoms with Crippen molar-refractivity contribution in [1.29, 1.82) is 0 Å². The Balaban J connectivity index is 2.51. The standard InChI is InChI=1S/C8H16BClN2O2/c1-7-6-11(9(2)14)3-4-12(7)8(13)5-10/h7,14H,3-6H2,1-2H3/t7-/m1/s1. The van der Waals surface area contributed by atoms with Crippen LogP contribution in [0.15, 0.2) is 0 Å². The summed E-state index contributed by atoms with van der Waals surface area (Å²) in [5, 5.41) is 9.37. The van der Waals surface area contributed by atoms with E-state index in [-0.39, 0.29) is 17.8 Å². The van der Waals surface area contributed by atoms with Crippen LogP contribution in [0.5, 0.6) is 0 Å². The van der Waals surface area contributed by atoms with Crippen molar-refractivity contribution in [1.82, 2.24) is 9.71 Å². The average Bonchev–Trinajstić information content (AvgIpc) is 2.16. The number of nitrogens with zero attached hydrogens (tertiary/aromatic N) is 2. The minimum Gasteiger partial charge on any atom is -0.437 e. The predicted octanol–water partition coefficient (Wildman–Crippen LogP) is -0.132. The van der Waals surface area contributed by atoms with E-state index >= 15 is 0 Å². The highest BCUT2D eigenvalue weighted by Crippen LogP contribution is 2.10. The molecule has 14 heavy (non-hydrogen) atoms. The summed E-state index contributed by atoms with van der Waals surface area (Å²) < 4.78 is 0. The molecule has 0 aromatic carbocycles. The summed E-state index contributed by atoms with van der Waals surface area (Å²) in [5.74, 6) is 0.0170. The highest BCUT2D eigenvalue weighted by Gasteiger charge is 2.29. The van der Waals surface area contributed by atoms with E-state index in [0.717, 1.165) is 0 Å². The molecule has 1 amide bonds. The van der Waals surface area contributed by atoms with Crippen LogP contribution in [0.2, 0.25) is 6.82 Å². The van der Waals surface area contributed by atoms with Crippen molar-refractivity contribution in [2.45, 2.75) is 19.8 Å². The van der Waals surface area contributed by atoms with E-state index in [0.29, 0.717) is 19.6 Å². The fourth-order valence-corrected chi connectivity index (χ4v) is 1.93. The molecule has 0 bridgehead atoms. The van der Waals surface area contributed by atoms with E-state index in [4.69, 9.17) is 11.6 Å². The molecule has 1 saturated heterocycles. The minimum atomic E-state index is -0.439. The molecule has 0 radical (unpaired) electrons. The van der Waals surface area contributed by atoms with E-state index in [1.807, 2.05) is 11.7 Å². The molecular formula is C8H16BClN2O2. The zero-order chi connectivity index (χ0) is 10.7. The molecule has 80 valence electrons. The Hall–Kier alpha value is -0.255. The van der Waals surface area contributed by atoms with E-state index in [2.05, 4.69) is 0 Å². The summed E-state index contributed by atoms with van der Waals surface area (Å²) in [6, 6.07) is 0.129. The van der Waals surface area contributed by atoms with Gasteiger partial charge in [-0.1, -0.05) is 0 Å². The fraction of sp³-hybridized carbons (Fsp3) is 0.875. The molecule has 1 aliphatic heterocycles. The maximum absolute atomic E-state index is 11.4. The normalized spacial score (nSPS) is 23.7. The highest BCUT2D eigenvalue weighted by molar-refractivity contribution is 6.45. The summed E-state index contributed by atoms with van der Waals surface area (Å²) in [6.45, 7) is 5.79. The molecule has 1 heterocycles. The molecule has 1 fully saturated rings. The lowest BCUT2D eigenvalue weighted by Crippen LogP contribution is -2.57. The van der Waals surface area contributed by atoms with Gasteiger partial charge in [0.05, 0.1) is 0 Å². The lowest BCUT2D eigenvalue weighted by molar-refractivity contribution is -0.132. The van der Waals surface area contributed by atoms with Gasteiger partial charge in [0, 0.05) is 25.7 Å². The molecule has 0 aromatic heterocycles. The van der Waals surface area contributed by atoms with Crippen LogP contribution in [0.4, 0.5) is 0 Å². The molecule has 6 heteroatoms. The second kappa shape index (κ2) is 5.00. The van der Waals surface area contributed by atoms with Crippen molar-refractivity contribution < 1.29 is 9.82 Å². The van der Waals surface area contributed by atoms with Gasteiger partial charge in [-0.25, -0.2) is 0 Å². The second-order valence-corrected chi connectivity index (χ2v) is 3.96. The minimum absolute atomic E-state index is 0.0237. The van der Waals surface area contributed by atoms with Gasteiger partial charge in [-0.05, 0) is 13.7 Å². The number of rotatable bonds is 2. The Morgan fingerprint density at radius 3 is 2.71 bits per heavy atom. The molecule has 1 aliphatic rings. The first-order valence-electron chi connectivity index (χ1n) is 4.83. The fourth-order valence-electron chi connectivity index (χ4n) is 1.77. The van der Waals surface area contributed by atoms with Crippen molar-refractivity contribution in [2.75, 3.05) is 25.5 Å². The Labute approximate surface area is 89.9 Å². The molecule has 1 N–H and O–H groups in total. The molecule has 0 spiro atoms. The average molecular weight is 218 g/mol. The lowest BCUT2D eigenvalue weighted by atomic mass is 9.83. The Bertz CT molecular complexity index is 216. The highest BCUT2D eigenvalue weighted by atomic mass is 35.5. The summed E-state index contributed by atoms with van der Waals surface area (Å²) in [5.41, 5.74) is 0. The number of carbonyl (C=O) groups excluding carboxylic acids is 1. The number of carbonyl (C=O) groups is 1. The molecular weight excluding hydrogens is 202 g/mol. The third-order valence-corrected chi connectivity index (χ3v) is 2.85. The van der Waals surface area contributed by atoms with Gasteiger partial charge in [-0.3, -0.25) is 4.79 Å². The van der Waals surface area contributed by atoms with Crippen LogP contribution in [0, 0.1) is 0 Å². The summed E-state index contributed by atoms with van der Waals surface area (Å²) >= 11 is 5.50. The summed E-state index contributed by atoms with van der Waals surface area (Å²) in [6.07, 6.45) is 0. The number of amides is 1. The Kier molecular flexibility index (Phi) is 4.22. The van der Waals surface area contributed by atoms with Gasteiger partial charge >= 0.3 is 7.05 Å². The summed E-state index contributed by atoms with van der Waals surface area (Å²) in [7, 11) is -0.439. The first-order valence-corrected chi connectivity index (χ1v) is 5.37. The molecule has 1 atom stereocenters.